The Labute approximate surface area is 281 Å². The van der Waals surface area contributed by atoms with Gasteiger partial charge in [-0.2, -0.15) is 18.4 Å². The number of nitrogens with one attached hydrogen (secondary N) is 1. The van der Waals surface area contributed by atoms with E-state index in [4.69, 9.17) is 0 Å². The fourth-order valence-corrected chi connectivity index (χ4v) is 8.61. The fraction of sp³-hybridized carbons (Fsp3) is 0.500. The van der Waals surface area contributed by atoms with Crippen LogP contribution in [0, 0.1) is 18.3 Å². The van der Waals surface area contributed by atoms with E-state index in [2.05, 4.69) is 39.2 Å². The minimum atomic E-state index is -4.28. The standard InChI is InChI=1S/C32H37F3N8O3S2/c1-20(41-10-11-43(29(44)18-41)48(3,45)46)16-42-24(15-36)12-26-21(2)22(4-5-28(26)42)17-40-8-6-23(7-9-40)39-30-27-13-25(14-32(33,34)35)47-31(27)38-19-37-30/h4-5,12-13,19-20,23H,6-11,14,16-18H2,1-3H3,(H,37,38,39). The molecule has 0 radical (unpaired) electrons. The lowest BCUT2D eigenvalue weighted by Crippen LogP contribution is -2.55. The van der Waals surface area contributed by atoms with Crippen LogP contribution in [0.25, 0.3) is 21.1 Å². The molecule has 5 heterocycles. The van der Waals surface area contributed by atoms with E-state index in [9.17, 15) is 31.6 Å². The number of nitriles is 1. The number of fused-ring (bicyclic) bond motifs is 2. The van der Waals surface area contributed by atoms with Gasteiger partial charge in [0.15, 0.2) is 0 Å². The summed E-state index contributed by atoms with van der Waals surface area (Å²) in [4.78, 5) is 26.1. The van der Waals surface area contributed by atoms with E-state index in [1.807, 2.05) is 28.5 Å². The van der Waals surface area contributed by atoms with E-state index in [1.165, 1.54) is 11.9 Å². The Bertz CT molecular complexity index is 1990. The quantitative estimate of drug-likeness (QED) is 0.268. The van der Waals surface area contributed by atoms with Crippen molar-refractivity contribution < 1.29 is 26.4 Å². The van der Waals surface area contributed by atoms with Crippen molar-refractivity contribution in [2.75, 3.05) is 44.3 Å². The van der Waals surface area contributed by atoms with Crippen LogP contribution in [0.15, 0.2) is 30.6 Å². The number of alkyl halides is 3. The zero-order chi connectivity index (χ0) is 34.4. The van der Waals surface area contributed by atoms with Crippen LogP contribution in [0.1, 0.15) is 41.5 Å². The molecule has 1 amide bonds. The molecule has 2 fully saturated rings. The highest BCUT2D eigenvalue weighted by molar-refractivity contribution is 7.88. The number of carbonyl (C=O) groups is 1. The lowest BCUT2D eigenvalue weighted by Gasteiger charge is -2.36. The summed E-state index contributed by atoms with van der Waals surface area (Å²) in [5, 5.41) is 15.1. The van der Waals surface area contributed by atoms with E-state index < -0.39 is 28.5 Å². The van der Waals surface area contributed by atoms with E-state index in [-0.39, 0.29) is 30.1 Å². The highest BCUT2D eigenvalue weighted by Gasteiger charge is 2.33. The number of aryl methyl sites for hydroxylation is 1. The molecule has 4 aromatic rings. The van der Waals surface area contributed by atoms with Crippen molar-refractivity contribution in [3.8, 4) is 6.07 Å². The van der Waals surface area contributed by atoms with Crippen LogP contribution < -0.4 is 5.32 Å². The van der Waals surface area contributed by atoms with Crippen molar-refractivity contribution >= 4 is 54.2 Å². The van der Waals surface area contributed by atoms with Crippen molar-refractivity contribution in [1.29, 1.82) is 5.26 Å². The van der Waals surface area contributed by atoms with E-state index >= 15 is 0 Å². The van der Waals surface area contributed by atoms with Gasteiger partial charge < -0.3 is 9.88 Å². The first-order valence-corrected chi connectivity index (χ1v) is 18.4. The number of benzene rings is 1. The molecule has 2 aliphatic heterocycles. The SMILES string of the molecule is Cc1c(CN2CCC(Nc3ncnc4sc(CC(F)(F)F)cc34)CC2)ccc2c1cc(C#N)n2CC(C)N1CCN(S(C)(=O)=O)C(=O)C1. The number of carbonyl (C=O) groups excluding carboxylic acids is 1. The van der Waals surface area contributed by atoms with Gasteiger partial charge in [0.25, 0.3) is 0 Å². The molecule has 1 aromatic carbocycles. The Balaban J connectivity index is 1.09. The van der Waals surface area contributed by atoms with Gasteiger partial charge in [0.1, 0.15) is 28.7 Å². The molecule has 0 bridgehead atoms. The molecule has 2 saturated heterocycles. The van der Waals surface area contributed by atoms with Gasteiger partial charge in [-0.25, -0.2) is 22.7 Å². The molecule has 3 aromatic heterocycles. The second-order valence-corrected chi connectivity index (χ2v) is 15.7. The molecular weight excluding hydrogens is 666 g/mol. The Morgan fingerprint density at radius 3 is 2.54 bits per heavy atom. The zero-order valence-electron chi connectivity index (χ0n) is 26.9. The minimum Gasteiger partial charge on any atom is -0.367 e. The van der Waals surface area contributed by atoms with E-state index in [0.29, 0.717) is 34.8 Å². The van der Waals surface area contributed by atoms with Crippen LogP contribution in [0.4, 0.5) is 19.0 Å². The Kier molecular flexibility index (Phi) is 9.42. The maximum Gasteiger partial charge on any atom is 0.393 e. The number of sulfonamides is 1. The van der Waals surface area contributed by atoms with Gasteiger partial charge in [-0.05, 0) is 56.0 Å². The van der Waals surface area contributed by atoms with Crippen LogP contribution in [-0.2, 0) is 34.3 Å². The highest BCUT2D eigenvalue weighted by atomic mass is 32.2. The number of amides is 1. The van der Waals surface area contributed by atoms with Gasteiger partial charge in [0, 0.05) is 67.1 Å². The first kappa shape index (κ1) is 34.1. The second-order valence-electron chi connectivity index (χ2n) is 12.7. The van der Waals surface area contributed by atoms with Crippen LogP contribution in [0.3, 0.4) is 0 Å². The number of likely N-dealkylation sites (tertiary alicyclic amines) is 1. The molecule has 6 rings (SSSR count). The van der Waals surface area contributed by atoms with Gasteiger partial charge in [0.2, 0.25) is 15.9 Å². The summed E-state index contributed by atoms with van der Waals surface area (Å²) in [5.41, 5.74) is 3.73. The van der Waals surface area contributed by atoms with Crippen molar-refractivity contribution in [3.05, 3.63) is 52.3 Å². The van der Waals surface area contributed by atoms with E-state index in [0.717, 1.165) is 70.8 Å². The number of nitrogens with zero attached hydrogens (tertiary/aromatic N) is 7. The molecule has 0 spiro atoms. The fourth-order valence-electron chi connectivity index (χ4n) is 6.74. The molecule has 0 aliphatic carbocycles. The highest BCUT2D eigenvalue weighted by Crippen LogP contribution is 2.33. The summed E-state index contributed by atoms with van der Waals surface area (Å²) in [6, 6.07) is 9.95. The molecule has 16 heteroatoms. The van der Waals surface area contributed by atoms with Crippen LogP contribution in [-0.4, -0.2) is 100 Å². The molecule has 256 valence electrons. The summed E-state index contributed by atoms with van der Waals surface area (Å²) < 4.78 is 65.5. The third kappa shape index (κ3) is 7.29. The summed E-state index contributed by atoms with van der Waals surface area (Å²) in [5.74, 6) is 0.125. The summed E-state index contributed by atoms with van der Waals surface area (Å²) >= 11 is 1.04. The van der Waals surface area contributed by atoms with Crippen LogP contribution in [0.2, 0.25) is 0 Å². The maximum absolute atomic E-state index is 12.9. The van der Waals surface area contributed by atoms with Gasteiger partial charge >= 0.3 is 6.18 Å². The third-order valence-electron chi connectivity index (χ3n) is 9.34. The van der Waals surface area contributed by atoms with Crippen LogP contribution in [0.5, 0.6) is 0 Å². The lowest BCUT2D eigenvalue weighted by atomic mass is 10.0. The topological polar surface area (TPSA) is 127 Å². The predicted molar refractivity (Wildman–Crippen MR) is 178 cm³/mol. The third-order valence-corrected chi connectivity index (χ3v) is 11.6. The molecule has 1 atom stereocenters. The smallest absolute Gasteiger partial charge is 0.367 e. The second kappa shape index (κ2) is 13.3. The number of hydrogen-bond acceptors (Lipinski definition) is 10. The van der Waals surface area contributed by atoms with E-state index in [1.54, 1.807) is 6.07 Å². The molecular formula is C32H37F3N8O3S2. The van der Waals surface area contributed by atoms with Crippen LogP contribution >= 0.6 is 11.3 Å². The van der Waals surface area contributed by atoms with Gasteiger partial charge in [0.05, 0.1) is 24.6 Å². The normalized spacial score (nSPS) is 18.1. The number of piperazine rings is 1. The number of anilines is 1. The Hall–Kier alpha value is -3.78. The average molecular weight is 703 g/mol. The predicted octanol–water partition coefficient (Wildman–Crippen LogP) is 4.50. The Morgan fingerprint density at radius 2 is 1.88 bits per heavy atom. The summed E-state index contributed by atoms with van der Waals surface area (Å²) in [6.45, 7) is 7.48. The molecule has 0 saturated carbocycles. The largest absolute Gasteiger partial charge is 0.393 e. The number of hydrogen-bond donors (Lipinski definition) is 1. The van der Waals surface area contributed by atoms with Crippen molar-refractivity contribution in [2.24, 2.45) is 0 Å². The lowest BCUT2D eigenvalue weighted by molar-refractivity contribution is -0.131. The number of piperidine rings is 1. The molecule has 1 N–H and O–H groups in total. The van der Waals surface area contributed by atoms with Gasteiger partial charge in [-0.1, -0.05) is 6.07 Å². The molecule has 48 heavy (non-hydrogen) atoms. The number of halogens is 3. The monoisotopic (exact) mass is 702 g/mol. The van der Waals surface area contributed by atoms with Crippen molar-refractivity contribution in [3.63, 3.8) is 0 Å². The first-order valence-electron chi connectivity index (χ1n) is 15.8. The van der Waals surface area contributed by atoms with Crippen molar-refractivity contribution in [2.45, 2.75) is 64.5 Å². The summed E-state index contributed by atoms with van der Waals surface area (Å²) in [7, 11) is -3.59. The summed E-state index contributed by atoms with van der Waals surface area (Å²) in [6.07, 6.45) is -1.13. The molecule has 1 unspecified atom stereocenters. The number of aromatic nitrogens is 3. The number of thiophene rings is 1. The average Bonchev–Trinajstić information content (AvgIpc) is 3.59. The zero-order valence-corrected chi connectivity index (χ0v) is 28.6. The van der Waals surface area contributed by atoms with Crippen molar-refractivity contribution in [1.82, 2.24) is 28.6 Å². The van der Waals surface area contributed by atoms with Gasteiger partial charge in [-0.15, -0.1) is 11.3 Å². The molecule has 11 nitrogen and oxygen atoms in total. The molecule has 2 aliphatic rings. The first-order chi connectivity index (χ1) is 22.7. The minimum absolute atomic E-state index is 0.00495. The maximum atomic E-state index is 12.9. The number of rotatable bonds is 9. The Morgan fingerprint density at radius 1 is 1.12 bits per heavy atom. The van der Waals surface area contributed by atoms with Gasteiger partial charge in [-0.3, -0.25) is 14.6 Å².